The van der Waals surface area contributed by atoms with Gasteiger partial charge in [-0.3, -0.25) is 4.57 Å². The number of nitrogens with zero attached hydrogens (tertiary/aromatic N) is 2. The number of aromatic amines is 1. The third-order valence-corrected chi connectivity index (χ3v) is 2.87. The summed E-state index contributed by atoms with van der Waals surface area (Å²) in [4.78, 5) is 18.8. The van der Waals surface area contributed by atoms with Crippen LogP contribution < -0.4 is 11.0 Å². The molecule has 0 saturated carbocycles. The largest absolute Gasteiger partial charge is 0.327 e. The quantitative estimate of drug-likeness (QED) is 0.771. The summed E-state index contributed by atoms with van der Waals surface area (Å²) in [7, 11) is 0. The fourth-order valence-corrected chi connectivity index (χ4v) is 2.16. The number of aromatic nitrogens is 3. The highest BCUT2D eigenvalue weighted by atomic mass is 35.5. The molecule has 0 bridgehead atoms. The zero-order chi connectivity index (χ0) is 10.3. The molecule has 2 aromatic heterocycles. The average molecular weight is 241 g/mol. The van der Waals surface area contributed by atoms with E-state index < -0.39 is 0 Å². The topological polar surface area (TPSA) is 62.7 Å². The number of H-pyrrole nitrogens is 1. The van der Waals surface area contributed by atoms with Gasteiger partial charge in [-0.25, -0.2) is 9.78 Å². The van der Waals surface area contributed by atoms with Crippen LogP contribution in [-0.2, 0) is 0 Å². The van der Waals surface area contributed by atoms with Crippen LogP contribution in [0, 0.1) is 0 Å². The normalized spacial score (nSPS) is 19.9. The molecule has 6 heteroatoms. The lowest BCUT2D eigenvalue weighted by atomic mass is 10.2. The van der Waals surface area contributed by atoms with Gasteiger partial charge in [-0.1, -0.05) is 0 Å². The lowest BCUT2D eigenvalue weighted by molar-refractivity contribution is 0.542. The SMILES string of the molecule is Cl.O=c1[nH]c2cccnc2n1[C@H]1CCNC1. The number of hydrogen-bond acceptors (Lipinski definition) is 3. The van der Waals surface area contributed by atoms with Crippen LogP contribution in [0.4, 0.5) is 0 Å². The monoisotopic (exact) mass is 240 g/mol. The van der Waals surface area contributed by atoms with Gasteiger partial charge in [0.05, 0.1) is 11.6 Å². The molecule has 86 valence electrons. The molecule has 1 saturated heterocycles. The van der Waals surface area contributed by atoms with Gasteiger partial charge >= 0.3 is 5.69 Å². The van der Waals surface area contributed by atoms with Crippen molar-refractivity contribution in [1.82, 2.24) is 19.9 Å². The minimum absolute atomic E-state index is 0. The number of imidazole rings is 1. The minimum Gasteiger partial charge on any atom is -0.315 e. The summed E-state index contributed by atoms with van der Waals surface area (Å²) < 4.78 is 1.76. The van der Waals surface area contributed by atoms with Crippen LogP contribution in [0.2, 0.25) is 0 Å². The summed E-state index contributed by atoms with van der Waals surface area (Å²) in [6.07, 6.45) is 2.71. The molecular formula is C10H13ClN4O. The van der Waals surface area contributed by atoms with E-state index in [9.17, 15) is 4.79 Å². The van der Waals surface area contributed by atoms with Gasteiger partial charge < -0.3 is 10.3 Å². The molecule has 5 nitrogen and oxygen atoms in total. The first-order chi connectivity index (χ1) is 7.36. The van der Waals surface area contributed by atoms with Crippen molar-refractivity contribution >= 4 is 23.6 Å². The van der Waals surface area contributed by atoms with Gasteiger partial charge in [-0.15, -0.1) is 12.4 Å². The van der Waals surface area contributed by atoms with E-state index in [-0.39, 0.29) is 24.1 Å². The van der Waals surface area contributed by atoms with E-state index in [2.05, 4.69) is 15.3 Å². The maximum absolute atomic E-state index is 11.8. The number of pyridine rings is 1. The molecule has 0 spiro atoms. The third-order valence-electron chi connectivity index (χ3n) is 2.87. The van der Waals surface area contributed by atoms with Crippen LogP contribution in [0.1, 0.15) is 12.5 Å². The van der Waals surface area contributed by atoms with E-state index in [1.807, 2.05) is 12.1 Å². The molecule has 1 fully saturated rings. The van der Waals surface area contributed by atoms with E-state index in [1.54, 1.807) is 10.8 Å². The summed E-state index contributed by atoms with van der Waals surface area (Å²) in [5, 5.41) is 3.25. The predicted octanol–water partition coefficient (Wildman–Crippen LogP) is 0.681. The highest BCUT2D eigenvalue weighted by molar-refractivity contribution is 5.85. The van der Waals surface area contributed by atoms with Gasteiger partial charge in [-0.05, 0) is 25.1 Å². The summed E-state index contributed by atoms with van der Waals surface area (Å²) in [6, 6.07) is 3.94. The van der Waals surface area contributed by atoms with Gasteiger partial charge in [0.1, 0.15) is 0 Å². The zero-order valence-corrected chi connectivity index (χ0v) is 9.46. The summed E-state index contributed by atoms with van der Waals surface area (Å²) in [6.45, 7) is 1.82. The third kappa shape index (κ3) is 1.62. The Hall–Kier alpha value is -1.33. The molecule has 3 rings (SSSR count). The second-order valence-electron chi connectivity index (χ2n) is 3.82. The Morgan fingerprint density at radius 1 is 1.50 bits per heavy atom. The molecule has 3 heterocycles. The van der Waals surface area contributed by atoms with Crippen molar-refractivity contribution in [3.05, 3.63) is 28.8 Å². The molecule has 0 aromatic carbocycles. The first kappa shape index (κ1) is 11.2. The van der Waals surface area contributed by atoms with E-state index in [1.165, 1.54) is 0 Å². The van der Waals surface area contributed by atoms with Gasteiger partial charge in [0, 0.05) is 12.7 Å². The highest BCUT2D eigenvalue weighted by Gasteiger charge is 2.20. The van der Waals surface area contributed by atoms with Crippen molar-refractivity contribution in [3.8, 4) is 0 Å². The maximum Gasteiger partial charge on any atom is 0.327 e. The Morgan fingerprint density at radius 3 is 3.12 bits per heavy atom. The highest BCUT2D eigenvalue weighted by Crippen LogP contribution is 2.17. The zero-order valence-electron chi connectivity index (χ0n) is 8.64. The van der Waals surface area contributed by atoms with Crippen molar-refractivity contribution < 1.29 is 0 Å². The van der Waals surface area contributed by atoms with Crippen molar-refractivity contribution in [3.63, 3.8) is 0 Å². The Bertz CT molecular complexity index is 541. The Balaban J connectivity index is 0.000000963. The Morgan fingerprint density at radius 2 is 2.38 bits per heavy atom. The molecule has 0 aliphatic carbocycles. The molecule has 0 amide bonds. The molecule has 0 unspecified atom stereocenters. The maximum atomic E-state index is 11.8. The fourth-order valence-electron chi connectivity index (χ4n) is 2.16. The summed E-state index contributed by atoms with van der Waals surface area (Å²) in [5.41, 5.74) is 1.52. The molecule has 2 aromatic rings. The van der Waals surface area contributed by atoms with Gasteiger partial charge in [0.2, 0.25) is 0 Å². The average Bonchev–Trinajstić information content (AvgIpc) is 2.82. The number of hydrogen-bond donors (Lipinski definition) is 2. The second-order valence-corrected chi connectivity index (χ2v) is 3.82. The fraction of sp³-hybridized carbons (Fsp3) is 0.400. The van der Waals surface area contributed by atoms with Crippen molar-refractivity contribution in [1.29, 1.82) is 0 Å². The number of nitrogens with one attached hydrogen (secondary N) is 2. The first-order valence-electron chi connectivity index (χ1n) is 5.12. The smallest absolute Gasteiger partial charge is 0.315 e. The number of halogens is 1. The van der Waals surface area contributed by atoms with E-state index >= 15 is 0 Å². The lowest BCUT2D eigenvalue weighted by Gasteiger charge is -2.08. The molecular weight excluding hydrogens is 228 g/mol. The molecule has 16 heavy (non-hydrogen) atoms. The van der Waals surface area contributed by atoms with E-state index in [0.29, 0.717) is 0 Å². The molecule has 2 N–H and O–H groups in total. The molecule has 1 aliphatic heterocycles. The van der Waals surface area contributed by atoms with Crippen LogP contribution in [-0.4, -0.2) is 27.6 Å². The molecule has 1 aliphatic rings. The second kappa shape index (κ2) is 4.27. The predicted molar refractivity (Wildman–Crippen MR) is 64.1 cm³/mol. The molecule has 0 radical (unpaired) electrons. The van der Waals surface area contributed by atoms with Crippen LogP contribution in [0.5, 0.6) is 0 Å². The minimum atomic E-state index is -0.0580. The standard InChI is InChI=1S/C10H12N4O.ClH/c15-10-13-8-2-1-4-12-9(8)14(10)7-3-5-11-6-7;/h1-2,4,7,11H,3,5-6H2,(H,13,15);1H/t7-;/m0./s1. The van der Waals surface area contributed by atoms with Crippen molar-refractivity contribution in [2.75, 3.05) is 13.1 Å². The van der Waals surface area contributed by atoms with E-state index in [4.69, 9.17) is 0 Å². The number of rotatable bonds is 1. The molecule has 1 atom stereocenters. The van der Waals surface area contributed by atoms with Crippen LogP contribution in [0.25, 0.3) is 11.2 Å². The van der Waals surface area contributed by atoms with E-state index in [0.717, 1.165) is 30.7 Å². The van der Waals surface area contributed by atoms with Gasteiger partial charge in [-0.2, -0.15) is 0 Å². The summed E-state index contributed by atoms with van der Waals surface area (Å²) >= 11 is 0. The first-order valence-corrected chi connectivity index (χ1v) is 5.12. The van der Waals surface area contributed by atoms with Crippen molar-refractivity contribution in [2.45, 2.75) is 12.5 Å². The van der Waals surface area contributed by atoms with Crippen molar-refractivity contribution in [2.24, 2.45) is 0 Å². The lowest BCUT2D eigenvalue weighted by Crippen LogP contribution is -2.24. The Kier molecular flexibility index (Phi) is 2.98. The number of fused-ring (bicyclic) bond motifs is 1. The van der Waals surface area contributed by atoms with Gasteiger partial charge in [0.25, 0.3) is 0 Å². The van der Waals surface area contributed by atoms with Crippen LogP contribution in [0.15, 0.2) is 23.1 Å². The summed E-state index contributed by atoms with van der Waals surface area (Å²) in [5.74, 6) is 0. The van der Waals surface area contributed by atoms with Crippen LogP contribution >= 0.6 is 12.4 Å². The van der Waals surface area contributed by atoms with Crippen LogP contribution in [0.3, 0.4) is 0 Å². The van der Waals surface area contributed by atoms with Gasteiger partial charge in [0.15, 0.2) is 5.65 Å². The Labute approximate surface area is 98.3 Å².